The average Bonchev–Trinajstić information content (AvgIpc) is 2.91. The van der Waals surface area contributed by atoms with E-state index >= 15 is 8.78 Å². The van der Waals surface area contributed by atoms with Crippen LogP contribution in [0.3, 0.4) is 0 Å². The molecule has 0 heterocycles. The van der Waals surface area contributed by atoms with Crippen LogP contribution in [0.4, 0.5) is 13.2 Å². The van der Waals surface area contributed by atoms with Crippen molar-refractivity contribution in [3.05, 3.63) is 107 Å². The molecule has 0 unspecified atom stereocenters. The lowest BCUT2D eigenvalue weighted by Crippen LogP contribution is -1.99. The Bertz CT molecular complexity index is 1320. The van der Waals surface area contributed by atoms with Gasteiger partial charge >= 0.3 is 0 Å². The number of benzene rings is 4. The standard InChI is InChI=1S/C32H31F3O2/c1-3-5-6-7-22-8-12-24(13-9-22)27-17-18-28(32(35)31(27)34)25-14-10-23(11-15-25)21-37-30-19-16-26(36-4-2)20-29(30)33/h8-20H,3-7,21H2,1-2H3. The summed E-state index contributed by atoms with van der Waals surface area (Å²) in [6, 6.07) is 22.2. The van der Waals surface area contributed by atoms with Gasteiger partial charge in [0.2, 0.25) is 0 Å². The summed E-state index contributed by atoms with van der Waals surface area (Å²) >= 11 is 0. The maximum Gasteiger partial charge on any atom is 0.168 e. The molecule has 4 aromatic carbocycles. The van der Waals surface area contributed by atoms with E-state index in [-0.39, 0.29) is 23.5 Å². The van der Waals surface area contributed by atoms with Crippen LogP contribution in [0, 0.1) is 17.5 Å². The van der Waals surface area contributed by atoms with Gasteiger partial charge in [-0.05, 0) is 54.2 Å². The third-order valence-electron chi connectivity index (χ3n) is 6.29. The maximum atomic E-state index is 15.1. The maximum absolute atomic E-state index is 15.1. The SMILES string of the molecule is CCCCCc1ccc(-c2ccc(-c3ccc(COc4ccc(OCC)cc4F)cc3)c(F)c2F)cc1. The summed E-state index contributed by atoms with van der Waals surface area (Å²) in [7, 11) is 0. The van der Waals surface area contributed by atoms with E-state index in [2.05, 4.69) is 6.92 Å². The van der Waals surface area contributed by atoms with E-state index in [1.807, 2.05) is 31.2 Å². The molecule has 4 aromatic rings. The van der Waals surface area contributed by atoms with E-state index in [0.29, 0.717) is 23.5 Å². The van der Waals surface area contributed by atoms with Crippen molar-refractivity contribution in [1.29, 1.82) is 0 Å². The normalized spacial score (nSPS) is 10.9. The van der Waals surface area contributed by atoms with Gasteiger partial charge in [0.1, 0.15) is 12.4 Å². The zero-order valence-corrected chi connectivity index (χ0v) is 21.2. The molecule has 4 rings (SSSR count). The number of rotatable bonds is 11. The smallest absolute Gasteiger partial charge is 0.168 e. The van der Waals surface area contributed by atoms with Gasteiger partial charge in [0.15, 0.2) is 23.2 Å². The Morgan fingerprint density at radius 1 is 0.622 bits per heavy atom. The van der Waals surface area contributed by atoms with Crippen LogP contribution in [0.5, 0.6) is 11.5 Å². The molecular weight excluding hydrogens is 473 g/mol. The number of aryl methyl sites for hydroxylation is 1. The minimum atomic E-state index is -0.884. The highest BCUT2D eigenvalue weighted by Gasteiger charge is 2.16. The van der Waals surface area contributed by atoms with Crippen molar-refractivity contribution in [2.75, 3.05) is 6.61 Å². The molecule has 0 aliphatic carbocycles. The van der Waals surface area contributed by atoms with Gasteiger partial charge in [0.05, 0.1) is 6.61 Å². The monoisotopic (exact) mass is 504 g/mol. The highest BCUT2D eigenvalue weighted by Crippen LogP contribution is 2.32. The number of ether oxygens (including phenoxy) is 2. The van der Waals surface area contributed by atoms with E-state index in [1.165, 1.54) is 24.1 Å². The molecule has 0 aliphatic heterocycles. The lowest BCUT2D eigenvalue weighted by atomic mass is 9.97. The third-order valence-corrected chi connectivity index (χ3v) is 6.29. The predicted molar refractivity (Wildman–Crippen MR) is 142 cm³/mol. The second kappa shape index (κ2) is 12.5. The van der Waals surface area contributed by atoms with E-state index < -0.39 is 17.5 Å². The molecule has 0 N–H and O–H groups in total. The molecule has 2 nitrogen and oxygen atoms in total. The van der Waals surface area contributed by atoms with Crippen LogP contribution in [0.2, 0.25) is 0 Å². The van der Waals surface area contributed by atoms with Crippen molar-refractivity contribution in [2.24, 2.45) is 0 Å². The Labute approximate surface area is 216 Å². The summed E-state index contributed by atoms with van der Waals surface area (Å²) < 4.78 is 55.2. The predicted octanol–water partition coefficient (Wildman–Crippen LogP) is 9.15. The number of hydrogen-bond donors (Lipinski definition) is 0. The van der Waals surface area contributed by atoms with Crippen LogP contribution in [0.15, 0.2) is 78.9 Å². The fraction of sp³-hybridized carbons (Fsp3) is 0.250. The van der Waals surface area contributed by atoms with Crippen LogP contribution in [-0.4, -0.2) is 6.61 Å². The molecule has 0 spiro atoms. The van der Waals surface area contributed by atoms with E-state index in [1.54, 1.807) is 42.5 Å². The largest absolute Gasteiger partial charge is 0.494 e. The molecule has 0 saturated heterocycles. The topological polar surface area (TPSA) is 18.5 Å². The molecule has 0 aromatic heterocycles. The Morgan fingerprint density at radius 2 is 1.22 bits per heavy atom. The molecule has 0 aliphatic rings. The minimum absolute atomic E-state index is 0.116. The lowest BCUT2D eigenvalue weighted by Gasteiger charge is -2.11. The van der Waals surface area contributed by atoms with E-state index in [4.69, 9.17) is 9.47 Å². The van der Waals surface area contributed by atoms with Gasteiger partial charge in [-0.1, -0.05) is 80.4 Å². The first-order valence-electron chi connectivity index (χ1n) is 12.7. The first-order chi connectivity index (χ1) is 18.0. The molecule has 192 valence electrons. The van der Waals surface area contributed by atoms with Crippen molar-refractivity contribution < 1.29 is 22.6 Å². The van der Waals surface area contributed by atoms with E-state index in [0.717, 1.165) is 24.8 Å². The summed E-state index contributed by atoms with van der Waals surface area (Å²) in [6.07, 6.45) is 4.45. The second-order valence-electron chi connectivity index (χ2n) is 8.95. The van der Waals surface area contributed by atoms with Crippen molar-refractivity contribution in [3.8, 4) is 33.8 Å². The molecule has 37 heavy (non-hydrogen) atoms. The van der Waals surface area contributed by atoms with Gasteiger partial charge in [-0.2, -0.15) is 0 Å². The number of unbranched alkanes of at least 4 members (excludes halogenated alkanes) is 2. The van der Waals surface area contributed by atoms with Gasteiger partial charge < -0.3 is 9.47 Å². The fourth-order valence-corrected chi connectivity index (χ4v) is 4.22. The first kappa shape index (κ1) is 26.3. The first-order valence-corrected chi connectivity index (χ1v) is 12.7. The quantitative estimate of drug-likeness (QED) is 0.190. The van der Waals surface area contributed by atoms with Crippen molar-refractivity contribution in [3.63, 3.8) is 0 Å². The van der Waals surface area contributed by atoms with Crippen LogP contribution in [-0.2, 0) is 13.0 Å². The molecular formula is C32H31F3O2. The summed E-state index contributed by atoms with van der Waals surface area (Å²) in [4.78, 5) is 0. The van der Waals surface area contributed by atoms with Gasteiger partial charge in [0.25, 0.3) is 0 Å². The van der Waals surface area contributed by atoms with Gasteiger partial charge in [-0.3, -0.25) is 0 Å². The molecule has 0 amide bonds. The van der Waals surface area contributed by atoms with Crippen molar-refractivity contribution in [2.45, 2.75) is 46.1 Å². The Balaban J connectivity index is 1.44. The summed E-state index contributed by atoms with van der Waals surface area (Å²) in [5, 5.41) is 0. The number of hydrogen-bond acceptors (Lipinski definition) is 2. The zero-order valence-electron chi connectivity index (χ0n) is 21.2. The highest BCUT2D eigenvalue weighted by atomic mass is 19.2. The molecule has 5 heteroatoms. The summed E-state index contributed by atoms with van der Waals surface area (Å²) in [5.74, 6) is -1.70. The summed E-state index contributed by atoms with van der Waals surface area (Å²) in [6.45, 7) is 4.58. The molecule has 0 saturated carbocycles. The van der Waals surface area contributed by atoms with Crippen molar-refractivity contribution in [1.82, 2.24) is 0 Å². The van der Waals surface area contributed by atoms with Gasteiger partial charge in [0, 0.05) is 17.2 Å². The molecule has 0 bridgehead atoms. The summed E-state index contributed by atoms with van der Waals surface area (Å²) in [5.41, 5.74) is 3.59. The van der Waals surface area contributed by atoms with Crippen LogP contribution in [0.25, 0.3) is 22.3 Å². The third kappa shape index (κ3) is 6.53. The zero-order chi connectivity index (χ0) is 26.2. The Kier molecular flexibility index (Phi) is 8.89. The Hall–Kier alpha value is -3.73. The van der Waals surface area contributed by atoms with Crippen molar-refractivity contribution >= 4 is 0 Å². The number of halogens is 3. The van der Waals surface area contributed by atoms with Crippen LogP contribution >= 0.6 is 0 Å². The minimum Gasteiger partial charge on any atom is -0.494 e. The Morgan fingerprint density at radius 3 is 1.76 bits per heavy atom. The molecule has 0 radical (unpaired) electrons. The average molecular weight is 505 g/mol. The highest BCUT2D eigenvalue weighted by molar-refractivity contribution is 5.72. The molecule has 0 fully saturated rings. The van der Waals surface area contributed by atoms with Gasteiger partial charge in [-0.25, -0.2) is 13.2 Å². The van der Waals surface area contributed by atoms with Gasteiger partial charge in [-0.15, -0.1) is 0 Å². The molecule has 0 atom stereocenters. The lowest BCUT2D eigenvalue weighted by molar-refractivity contribution is 0.287. The van der Waals surface area contributed by atoms with Crippen LogP contribution < -0.4 is 9.47 Å². The van der Waals surface area contributed by atoms with E-state index in [9.17, 15) is 4.39 Å². The van der Waals surface area contributed by atoms with Crippen LogP contribution in [0.1, 0.15) is 44.2 Å². The second-order valence-corrected chi connectivity index (χ2v) is 8.95. The fourth-order valence-electron chi connectivity index (χ4n) is 4.22.